The minimum atomic E-state index is 0.226. The predicted octanol–water partition coefficient (Wildman–Crippen LogP) is 4.69. The topological polar surface area (TPSA) is 15.3 Å². The van der Waals surface area contributed by atoms with Crippen molar-refractivity contribution in [1.29, 1.82) is 0 Å². The zero-order valence-corrected chi connectivity index (χ0v) is 15.8. The first kappa shape index (κ1) is 19.0. The minimum absolute atomic E-state index is 0.226. The third-order valence-corrected chi connectivity index (χ3v) is 5.11. The van der Waals surface area contributed by atoms with Crippen LogP contribution in [0.2, 0.25) is 0 Å². The van der Waals surface area contributed by atoms with Crippen molar-refractivity contribution < 1.29 is 0 Å². The summed E-state index contributed by atoms with van der Waals surface area (Å²) in [5.41, 5.74) is 0.711. The molecule has 0 amide bonds. The van der Waals surface area contributed by atoms with E-state index in [1.54, 1.807) is 0 Å². The van der Waals surface area contributed by atoms with Crippen LogP contribution in [0, 0.1) is 11.3 Å². The fourth-order valence-electron chi connectivity index (χ4n) is 3.46. The van der Waals surface area contributed by atoms with Gasteiger partial charge in [-0.25, -0.2) is 0 Å². The molecule has 1 fully saturated rings. The lowest BCUT2D eigenvalue weighted by Crippen LogP contribution is -2.51. The molecular formula is C19H40N2. The Kier molecular flexibility index (Phi) is 7.19. The molecule has 0 bridgehead atoms. The van der Waals surface area contributed by atoms with Gasteiger partial charge in [0.15, 0.2) is 0 Å². The van der Waals surface area contributed by atoms with Gasteiger partial charge in [0.2, 0.25) is 0 Å². The van der Waals surface area contributed by atoms with Crippen LogP contribution in [0.4, 0.5) is 0 Å². The molecule has 0 radical (unpaired) electrons. The van der Waals surface area contributed by atoms with Crippen LogP contribution in [-0.4, -0.2) is 36.1 Å². The van der Waals surface area contributed by atoms with E-state index < -0.39 is 0 Å². The average molecular weight is 297 g/mol. The van der Waals surface area contributed by atoms with E-state index in [1.165, 1.54) is 51.7 Å². The van der Waals surface area contributed by atoms with Crippen LogP contribution in [0.15, 0.2) is 0 Å². The molecule has 1 rings (SSSR count). The quantitative estimate of drug-likeness (QED) is 0.733. The highest BCUT2D eigenvalue weighted by atomic mass is 15.2. The molecule has 1 aliphatic rings. The van der Waals surface area contributed by atoms with Crippen LogP contribution in [-0.2, 0) is 0 Å². The lowest BCUT2D eigenvalue weighted by molar-refractivity contribution is 0.0650. The van der Waals surface area contributed by atoms with Crippen molar-refractivity contribution in [3.63, 3.8) is 0 Å². The van der Waals surface area contributed by atoms with Gasteiger partial charge in [0.1, 0.15) is 0 Å². The number of hydrogen-bond acceptors (Lipinski definition) is 2. The average Bonchev–Trinajstić information content (AvgIpc) is 2.38. The third-order valence-electron chi connectivity index (χ3n) is 5.11. The summed E-state index contributed by atoms with van der Waals surface area (Å²) in [5, 5.41) is 3.81. The van der Waals surface area contributed by atoms with Gasteiger partial charge in [-0.15, -0.1) is 0 Å². The molecule has 0 spiro atoms. The van der Waals surface area contributed by atoms with Crippen molar-refractivity contribution in [2.45, 2.75) is 92.2 Å². The predicted molar refractivity (Wildman–Crippen MR) is 94.8 cm³/mol. The summed E-state index contributed by atoms with van der Waals surface area (Å²) in [6.07, 6.45) is 6.86. The maximum Gasteiger partial charge on any atom is 0.00967 e. The molecule has 2 nitrogen and oxygen atoms in total. The molecule has 1 saturated carbocycles. The Labute approximate surface area is 134 Å². The van der Waals surface area contributed by atoms with Crippen LogP contribution in [0.3, 0.4) is 0 Å². The van der Waals surface area contributed by atoms with Gasteiger partial charge in [-0.05, 0) is 71.8 Å². The zero-order valence-electron chi connectivity index (χ0n) is 15.8. The van der Waals surface area contributed by atoms with E-state index in [-0.39, 0.29) is 5.54 Å². The zero-order chi connectivity index (χ0) is 16.1. The summed E-state index contributed by atoms with van der Waals surface area (Å²) in [6, 6.07) is 0.663. The van der Waals surface area contributed by atoms with Crippen molar-refractivity contribution in [1.82, 2.24) is 10.2 Å². The first-order valence-corrected chi connectivity index (χ1v) is 9.16. The summed E-state index contributed by atoms with van der Waals surface area (Å²) in [4.78, 5) is 2.71. The van der Waals surface area contributed by atoms with E-state index in [0.717, 1.165) is 5.92 Å². The lowest BCUT2D eigenvalue weighted by Gasteiger charge is -2.45. The van der Waals surface area contributed by atoms with Crippen LogP contribution in [0.25, 0.3) is 0 Å². The summed E-state index contributed by atoms with van der Waals surface area (Å²) in [5.74, 6) is 0.923. The highest BCUT2D eigenvalue weighted by Crippen LogP contribution is 2.39. The summed E-state index contributed by atoms with van der Waals surface area (Å²) in [6.45, 7) is 20.0. The summed E-state index contributed by atoms with van der Waals surface area (Å²) >= 11 is 0. The standard InChI is InChI=1S/C19H40N2/c1-8-13-21(16(2)3)15-19(14-20-18(5,6)7)11-9-17(4)10-12-19/h16-17,20H,8-15H2,1-7H3. The molecule has 0 atom stereocenters. The van der Waals surface area contributed by atoms with Crippen molar-refractivity contribution in [2.75, 3.05) is 19.6 Å². The number of rotatable bonds is 7. The number of nitrogens with one attached hydrogen (secondary N) is 1. The van der Waals surface area contributed by atoms with E-state index in [4.69, 9.17) is 0 Å². The van der Waals surface area contributed by atoms with Gasteiger partial charge in [0, 0.05) is 24.7 Å². The summed E-state index contributed by atoms with van der Waals surface area (Å²) in [7, 11) is 0. The minimum Gasteiger partial charge on any atom is -0.311 e. The van der Waals surface area contributed by atoms with Gasteiger partial charge in [-0.2, -0.15) is 0 Å². The molecule has 2 heteroatoms. The molecule has 0 aliphatic heterocycles. The van der Waals surface area contributed by atoms with E-state index in [1.807, 2.05) is 0 Å². The van der Waals surface area contributed by atoms with Crippen molar-refractivity contribution in [2.24, 2.45) is 11.3 Å². The first-order chi connectivity index (χ1) is 9.67. The molecule has 1 N–H and O–H groups in total. The second kappa shape index (κ2) is 7.97. The van der Waals surface area contributed by atoms with Gasteiger partial charge >= 0.3 is 0 Å². The van der Waals surface area contributed by atoms with E-state index in [2.05, 4.69) is 58.7 Å². The first-order valence-electron chi connectivity index (χ1n) is 9.16. The molecule has 0 saturated heterocycles. The van der Waals surface area contributed by atoms with Gasteiger partial charge < -0.3 is 10.2 Å². The van der Waals surface area contributed by atoms with Crippen LogP contribution in [0.1, 0.15) is 80.6 Å². The maximum absolute atomic E-state index is 3.81. The molecule has 0 aromatic carbocycles. The van der Waals surface area contributed by atoms with Crippen LogP contribution < -0.4 is 5.32 Å². The van der Waals surface area contributed by atoms with Gasteiger partial charge in [-0.1, -0.05) is 26.7 Å². The lowest BCUT2D eigenvalue weighted by atomic mass is 9.70. The van der Waals surface area contributed by atoms with Crippen molar-refractivity contribution in [3.8, 4) is 0 Å². The fraction of sp³-hybridized carbons (Fsp3) is 1.00. The van der Waals surface area contributed by atoms with E-state index in [0.29, 0.717) is 11.5 Å². The largest absolute Gasteiger partial charge is 0.311 e. The Morgan fingerprint density at radius 1 is 1.19 bits per heavy atom. The smallest absolute Gasteiger partial charge is 0.00967 e. The molecule has 0 aromatic heterocycles. The van der Waals surface area contributed by atoms with Crippen molar-refractivity contribution in [3.05, 3.63) is 0 Å². The highest BCUT2D eigenvalue weighted by Gasteiger charge is 2.36. The summed E-state index contributed by atoms with van der Waals surface area (Å²) < 4.78 is 0. The third kappa shape index (κ3) is 6.69. The van der Waals surface area contributed by atoms with Crippen LogP contribution >= 0.6 is 0 Å². The molecule has 1 aliphatic carbocycles. The molecule has 0 unspecified atom stereocenters. The molecule has 21 heavy (non-hydrogen) atoms. The van der Waals surface area contributed by atoms with Gasteiger partial charge in [0.25, 0.3) is 0 Å². The second-order valence-electron chi connectivity index (χ2n) is 8.85. The SMILES string of the molecule is CCCN(CC1(CNC(C)(C)C)CCC(C)CC1)C(C)C. The van der Waals surface area contributed by atoms with Gasteiger partial charge in [0.05, 0.1) is 0 Å². The molecule has 126 valence electrons. The maximum atomic E-state index is 3.81. The molecule has 0 heterocycles. The normalized spacial score (nSPS) is 27.6. The Morgan fingerprint density at radius 3 is 2.19 bits per heavy atom. The Bertz CT molecular complexity index is 282. The monoisotopic (exact) mass is 296 g/mol. The van der Waals surface area contributed by atoms with Crippen molar-refractivity contribution >= 4 is 0 Å². The highest BCUT2D eigenvalue weighted by molar-refractivity contribution is 4.91. The molecular weight excluding hydrogens is 256 g/mol. The Balaban J connectivity index is 2.75. The Morgan fingerprint density at radius 2 is 1.76 bits per heavy atom. The fourth-order valence-corrected chi connectivity index (χ4v) is 3.46. The van der Waals surface area contributed by atoms with E-state index >= 15 is 0 Å². The van der Waals surface area contributed by atoms with Crippen LogP contribution in [0.5, 0.6) is 0 Å². The Hall–Kier alpha value is -0.0800. The molecule has 0 aromatic rings. The second-order valence-corrected chi connectivity index (χ2v) is 8.85. The number of hydrogen-bond donors (Lipinski definition) is 1. The van der Waals surface area contributed by atoms with Gasteiger partial charge in [-0.3, -0.25) is 0 Å². The number of nitrogens with zero attached hydrogens (tertiary/aromatic N) is 1. The van der Waals surface area contributed by atoms with E-state index in [9.17, 15) is 0 Å².